The monoisotopic (exact) mass is 381 g/mol. The highest BCUT2D eigenvalue weighted by Gasteiger charge is 2.31. The molecular formula is C18H27N3O4S. The number of morpholine rings is 1. The Morgan fingerprint density at radius 2 is 1.96 bits per heavy atom. The standard InChI is InChI=1S/C18H27N3O4S/c1-14-17(19-9-12-25-14)18(22)20-13-15-7-10-21(11-8-15)26(23,24)16-5-3-2-4-6-16/h2-6,14-15,17,19H,7-13H2,1H3,(H,20,22)/t14-,17+/m1/s1. The van der Waals surface area contributed by atoms with Gasteiger partial charge in [0, 0.05) is 26.2 Å². The van der Waals surface area contributed by atoms with Crippen molar-refractivity contribution in [2.45, 2.75) is 36.8 Å². The van der Waals surface area contributed by atoms with E-state index in [9.17, 15) is 13.2 Å². The van der Waals surface area contributed by atoms with Crippen LogP contribution in [0.15, 0.2) is 35.2 Å². The van der Waals surface area contributed by atoms with Crippen molar-refractivity contribution >= 4 is 15.9 Å². The fourth-order valence-electron chi connectivity index (χ4n) is 3.48. The van der Waals surface area contributed by atoms with Gasteiger partial charge in [0.05, 0.1) is 17.6 Å². The summed E-state index contributed by atoms with van der Waals surface area (Å²) in [4.78, 5) is 12.6. The van der Waals surface area contributed by atoms with E-state index < -0.39 is 10.0 Å². The highest BCUT2D eigenvalue weighted by molar-refractivity contribution is 7.89. The quantitative estimate of drug-likeness (QED) is 0.779. The van der Waals surface area contributed by atoms with Crippen LogP contribution in [-0.4, -0.2) is 63.6 Å². The van der Waals surface area contributed by atoms with E-state index in [0.717, 1.165) is 12.8 Å². The van der Waals surface area contributed by atoms with Crippen molar-refractivity contribution in [3.05, 3.63) is 30.3 Å². The maximum absolute atomic E-state index is 12.6. The molecule has 3 rings (SSSR count). The predicted molar refractivity (Wildman–Crippen MR) is 98.1 cm³/mol. The van der Waals surface area contributed by atoms with Crippen LogP contribution in [0.2, 0.25) is 0 Å². The third-order valence-electron chi connectivity index (χ3n) is 5.12. The van der Waals surface area contributed by atoms with E-state index in [-0.39, 0.29) is 18.1 Å². The van der Waals surface area contributed by atoms with Gasteiger partial charge in [-0.1, -0.05) is 18.2 Å². The Bertz CT molecular complexity index is 702. The molecule has 0 bridgehead atoms. The number of piperidine rings is 1. The first-order valence-electron chi connectivity index (χ1n) is 9.16. The van der Waals surface area contributed by atoms with Crippen molar-refractivity contribution in [3.63, 3.8) is 0 Å². The molecule has 0 spiro atoms. The summed E-state index contributed by atoms with van der Waals surface area (Å²) in [5.74, 6) is 0.248. The molecule has 7 nitrogen and oxygen atoms in total. The molecule has 0 unspecified atom stereocenters. The topological polar surface area (TPSA) is 87.7 Å². The van der Waals surface area contributed by atoms with Gasteiger partial charge < -0.3 is 15.4 Å². The van der Waals surface area contributed by atoms with Crippen LogP contribution in [0.4, 0.5) is 0 Å². The first-order valence-corrected chi connectivity index (χ1v) is 10.6. The fourth-order valence-corrected chi connectivity index (χ4v) is 4.97. The lowest BCUT2D eigenvalue weighted by Crippen LogP contribution is -2.56. The van der Waals surface area contributed by atoms with Crippen LogP contribution in [0, 0.1) is 5.92 Å². The number of carbonyl (C=O) groups is 1. The summed E-state index contributed by atoms with van der Waals surface area (Å²) in [6, 6.07) is 8.21. The van der Waals surface area contributed by atoms with Gasteiger partial charge in [-0.2, -0.15) is 4.31 Å². The third-order valence-corrected chi connectivity index (χ3v) is 7.03. The Morgan fingerprint density at radius 3 is 2.62 bits per heavy atom. The van der Waals surface area contributed by atoms with E-state index in [2.05, 4.69) is 10.6 Å². The molecule has 1 aromatic rings. The van der Waals surface area contributed by atoms with Crippen LogP contribution in [0.5, 0.6) is 0 Å². The number of carbonyl (C=O) groups excluding carboxylic acids is 1. The minimum atomic E-state index is -3.42. The maximum atomic E-state index is 12.6. The van der Waals surface area contributed by atoms with Crippen LogP contribution >= 0.6 is 0 Å². The maximum Gasteiger partial charge on any atom is 0.243 e. The number of benzene rings is 1. The molecule has 2 saturated heterocycles. The number of hydrogen-bond acceptors (Lipinski definition) is 5. The van der Waals surface area contributed by atoms with Crippen LogP contribution in [0.1, 0.15) is 19.8 Å². The molecule has 0 radical (unpaired) electrons. The minimum absolute atomic E-state index is 0.0449. The van der Waals surface area contributed by atoms with Crippen molar-refractivity contribution in [3.8, 4) is 0 Å². The second kappa shape index (κ2) is 8.47. The van der Waals surface area contributed by atoms with Gasteiger partial charge in [0.15, 0.2) is 0 Å². The van der Waals surface area contributed by atoms with Crippen LogP contribution in [-0.2, 0) is 19.6 Å². The van der Waals surface area contributed by atoms with Crippen LogP contribution in [0.3, 0.4) is 0 Å². The van der Waals surface area contributed by atoms with Gasteiger partial charge in [0.1, 0.15) is 6.04 Å². The molecule has 2 aliphatic rings. The van der Waals surface area contributed by atoms with E-state index in [1.807, 2.05) is 6.92 Å². The van der Waals surface area contributed by atoms with Crippen molar-refractivity contribution in [2.75, 3.05) is 32.8 Å². The molecule has 2 fully saturated rings. The molecule has 0 saturated carbocycles. The second-order valence-electron chi connectivity index (χ2n) is 6.91. The Labute approximate surface area is 155 Å². The molecular weight excluding hydrogens is 354 g/mol. The lowest BCUT2D eigenvalue weighted by molar-refractivity contribution is -0.129. The Hall–Kier alpha value is -1.48. The summed E-state index contributed by atoms with van der Waals surface area (Å²) in [5.41, 5.74) is 0. The van der Waals surface area contributed by atoms with E-state index in [0.29, 0.717) is 43.6 Å². The highest BCUT2D eigenvalue weighted by atomic mass is 32.2. The molecule has 2 aliphatic heterocycles. The van der Waals surface area contributed by atoms with Gasteiger partial charge in [0.25, 0.3) is 0 Å². The number of amides is 1. The van der Waals surface area contributed by atoms with E-state index in [1.165, 1.54) is 0 Å². The largest absolute Gasteiger partial charge is 0.375 e. The summed E-state index contributed by atoms with van der Waals surface area (Å²) in [6.45, 7) is 4.74. The van der Waals surface area contributed by atoms with Gasteiger partial charge in [0.2, 0.25) is 15.9 Å². The molecule has 2 heterocycles. The molecule has 26 heavy (non-hydrogen) atoms. The van der Waals surface area contributed by atoms with Crippen molar-refractivity contribution in [1.82, 2.24) is 14.9 Å². The third kappa shape index (κ3) is 4.43. The van der Waals surface area contributed by atoms with Crippen molar-refractivity contribution < 1.29 is 17.9 Å². The Kier molecular flexibility index (Phi) is 6.29. The molecule has 2 N–H and O–H groups in total. The number of ether oxygens (including phenoxy) is 1. The molecule has 144 valence electrons. The predicted octanol–water partition coefficient (Wildman–Crippen LogP) is 0.580. The molecule has 0 aromatic heterocycles. The lowest BCUT2D eigenvalue weighted by atomic mass is 9.98. The van der Waals surface area contributed by atoms with Crippen LogP contribution in [0.25, 0.3) is 0 Å². The van der Waals surface area contributed by atoms with Crippen molar-refractivity contribution in [2.24, 2.45) is 5.92 Å². The molecule has 0 aliphatic carbocycles. The van der Waals surface area contributed by atoms with E-state index in [1.54, 1.807) is 34.6 Å². The number of hydrogen-bond donors (Lipinski definition) is 2. The number of nitrogens with one attached hydrogen (secondary N) is 2. The van der Waals surface area contributed by atoms with Gasteiger partial charge in [-0.05, 0) is 37.8 Å². The average molecular weight is 381 g/mol. The normalized spacial score (nSPS) is 25.7. The zero-order chi connectivity index (χ0) is 18.6. The SMILES string of the molecule is C[C@H]1OCCN[C@@H]1C(=O)NCC1CCN(S(=O)(=O)c2ccccc2)CC1. The zero-order valence-corrected chi connectivity index (χ0v) is 15.9. The number of nitrogens with zero attached hydrogens (tertiary/aromatic N) is 1. The van der Waals surface area contributed by atoms with Crippen molar-refractivity contribution in [1.29, 1.82) is 0 Å². The molecule has 1 amide bonds. The molecule has 8 heteroatoms. The summed E-state index contributed by atoms with van der Waals surface area (Å²) >= 11 is 0. The second-order valence-corrected chi connectivity index (χ2v) is 8.85. The zero-order valence-electron chi connectivity index (χ0n) is 15.1. The Morgan fingerprint density at radius 1 is 1.27 bits per heavy atom. The number of rotatable bonds is 5. The summed E-state index contributed by atoms with van der Waals surface area (Å²) < 4.78 is 32.3. The van der Waals surface area contributed by atoms with E-state index in [4.69, 9.17) is 4.74 Å². The summed E-state index contributed by atoms with van der Waals surface area (Å²) in [6.07, 6.45) is 1.36. The first-order chi connectivity index (χ1) is 12.5. The first kappa shape index (κ1) is 19.3. The summed E-state index contributed by atoms with van der Waals surface area (Å²) in [7, 11) is -3.42. The van der Waals surface area contributed by atoms with Gasteiger partial charge in [-0.25, -0.2) is 8.42 Å². The van der Waals surface area contributed by atoms with Gasteiger partial charge in [-0.15, -0.1) is 0 Å². The lowest BCUT2D eigenvalue weighted by Gasteiger charge is -2.32. The van der Waals surface area contributed by atoms with Gasteiger partial charge >= 0.3 is 0 Å². The average Bonchev–Trinajstić information content (AvgIpc) is 2.67. The molecule has 2 atom stereocenters. The smallest absolute Gasteiger partial charge is 0.243 e. The van der Waals surface area contributed by atoms with E-state index >= 15 is 0 Å². The van der Waals surface area contributed by atoms with Crippen LogP contribution < -0.4 is 10.6 Å². The highest BCUT2D eigenvalue weighted by Crippen LogP contribution is 2.23. The number of sulfonamides is 1. The Balaban J connectivity index is 1.47. The fraction of sp³-hybridized carbons (Fsp3) is 0.611. The molecule has 1 aromatic carbocycles. The minimum Gasteiger partial charge on any atom is -0.375 e. The summed E-state index contributed by atoms with van der Waals surface area (Å²) in [5, 5.41) is 6.17. The van der Waals surface area contributed by atoms with Gasteiger partial charge in [-0.3, -0.25) is 4.79 Å².